The molecule has 0 spiro atoms. The van der Waals surface area contributed by atoms with Crippen molar-refractivity contribution in [1.29, 1.82) is 0 Å². The predicted octanol–water partition coefficient (Wildman–Crippen LogP) is 5.13. The molecular weight excluding hydrogens is 364 g/mol. The summed E-state index contributed by atoms with van der Waals surface area (Å²) in [6.45, 7) is 3.03. The van der Waals surface area contributed by atoms with Crippen molar-refractivity contribution >= 4 is 34.5 Å². The zero-order valence-electron chi connectivity index (χ0n) is 15.0. The number of hydrogen-bond acceptors (Lipinski definition) is 3. The van der Waals surface area contributed by atoms with E-state index in [0.717, 1.165) is 32.5 Å². The van der Waals surface area contributed by atoms with Crippen LogP contribution in [0.5, 0.6) is 0 Å². The quantitative estimate of drug-likeness (QED) is 0.787. The minimum atomic E-state index is 0.0823. The van der Waals surface area contributed by atoms with Crippen LogP contribution in [0.3, 0.4) is 0 Å². The van der Waals surface area contributed by atoms with E-state index in [9.17, 15) is 4.79 Å². The molecule has 2 aliphatic rings. The highest BCUT2D eigenvalue weighted by molar-refractivity contribution is 7.10. The van der Waals surface area contributed by atoms with Gasteiger partial charge in [-0.25, -0.2) is 0 Å². The van der Waals surface area contributed by atoms with Gasteiger partial charge in [0.05, 0.1) is 10.7 Å². The van der Waals surface area contributed by atoms with Gasteiger partial charge in [0.25, 0.3) is 0 Å². The molecule has 1 aliphatic carbocycles. The van der Waals surface area contributed by atoms with Crippen molar-refractivity contribution in [3.8, 4) is 0 Å². The maximum atomic E-state index is 12.5. The maximum Gasteiger partial charge on any atom is 0.227 e. The normalized spacial score (nSPS) is 18.5. The molecule has 2 heterocycles. The topological polar surface area (TPSA) is 32.3 Å². The summed E-state index contributed by atoms with van der Waals surface area (Å²) < 4.78 is 0. The molecule has 3 nitrogen and oxygen atoms in total. The second-order valence-corrected chi connectivity index (χ2v) is 8.76. The van der Waals surface area contributed by atoms with Gasteiger partial charge in [0.1, 0.15) is 0 Å². The highest BCUT2D eigenvalue weighted by Crippen LogP contribution is 2.32. The number of hydrogen-bond donors (Lipinski definition) is 1. The molecule has 1 aromatic carbocycles. The molecule has 26 heavy (non-hydrogen) atoms. The van der Waals surface area contributed by atoms with Crippen molar-refractivity contribution in [2.75, 3.05) is 18.4 Å². The summed E-state index contributed by atoms with van der Waals surface area (Å²) in [7, 11) is 0. The summed E-state index contributed by atoms with van der Waals surface area (Å²) in [6.07, 6.45) is 7.04. The molecule has 0 bridgehead atoms. The second kappa shape index (κ2) is 8.12. The molecule has 1 saturated heterocycles. The molecule has 1 N–H and O–H groups in total. The van der Waals surface area contributed by atoms with Gasteiger partial charge in [0.2, 0.25) is 5.91 Å². The first-order valence-electron chi connectivity index (χ1n) is 9.56. The number of thiophene rings is 1. The number of nitrogens with one attached hydrogen (secondary N) is 1. The van der Waals surface area contributed by atoms with Crippen LogP contribution in [-0.4, -0.2) is 23.9 Å². The van der Waals surface area contributed by atoms with Gasteiger partial charge >= 0.3 is 0 Å². The number of fused-ring (bicyclic) bond motifs is 1. The van der Waals surface area contributed by atoms with E-state index >= 15 is 0 Å². The minimum absolute atomic E-state index is 0.0823. The van der Waals surface area contributed by atoms with Crippen molar-refractivity contribution in [2.24, 2.45) is 5.92 Å². The average Bonchev–Trinajstić information content (AvgIpc) is 3.07. The summed E-state index contributed by atoms with van der Waals surface area (Å²) in [5.74, 6) is 0.185. The highest BCUT2D eigenvalue weighted by atomic mass is 35.5. The zero-order valence-corrected chi connectivity index (χ0v) is 16.5. The third-order valence-electron chi connectivity index (χ3n) is 5.63. The molecule has 1 amide bonds. The Kier molecular flexibility index (Phi) is 5.63. The molecule has 1 aromatic heterocycles. The Bertz CT molecular complexity index is 780. The van der Waals surface area contributed by atoms with Gasteiger partial charge in [-0.2, -0.15) is 0 Å². The number of para-hydroxylation sites is 1. The lowest BCUT2D eigenvalue weighted by Crippen LogP contribution is -2.37. The standard InChI is InChI=1S/C21H25ClN2OS/c22-18-6-2-3-7-19(18)23-21(25)15-9-11-24(12-10-15)13-16-14-26-20-8-4-1-5-17(16)20/h2-3,6-7,14-15H,1,4-5,8-13H2,(H,23,25). The SMILES string of the molecule is O=C(Nc1ccccc1Cl)C1CCN(Cc2csc3c2CCCC3)CC1. The molecule has 0 radical (unpaired) electrons. The third kappa shape index (κ3) is 3.98. The molecule has 0 unspecified atom stereocenters. The van der Waals surface area contributed by atoms with Crippen molar-refractivity contribution in [1.82, 2.24) is 4.90 Å². The lowest BCUT2D eigenvalue weighted by Gasteiger charge is -2.31. The Morgan fingerprint density at radius 3 is 2.77 bits per heavy atom. The molecule has 138 valence electrons. The van der Waals surface area contributed by atoms with E-state index in [1.54, 1.807) is 16.5 Å². The van der Waals surface area contributed by atoms with Crippen molar-refractivity contribution in [3.63, 3.8) is 0 Å². The number of aryl methyl sites for hydroxylation is 1. The van der Waals surface area contributed by atoms with Crippen LogP contribution >= 0.6 is 22.9 Å². The van der Waals surface area contributed by atoms with Gasteiger partial charge < -0.3 is 5.32 Å². The first kappa shape index (κ1) is 18.0. The number of carbonyl (C=O) groups excluding carboxylic acids is 1. The van der Waals surface area contributed by atoms with E-state index in [2.05, 4.69) is 15.6 Å². The number of piperidine rings is 1. The Hall–Kier alpha value is -1.36. The number of halogens is 1. The highest BCUT2D eigenvalue weighted by Gasteiger charge is 2.26. The third-order valence-corrected chi connectivity index (χ3v) is 7.10. The van der Waals surface area contributed by atoms with Gasteiger partial charge in [-0.1, -0.05) is 23.7 Å². The lowest BCUT2D eigenvalue weighted by atomic mass is 9.93. The first-order chi connectivity index (χ1) is 12.7. The fraction of sp³-hybridized carbons (Fsp3) is 0.476. The van der Waals surface area contributed by atoms with Crippen LogP contribution in [-0.2, 0) is 24.2 Å². The summed E-state index contributed by atoms with van der Waals surface area (Å²) in [4.78, 5) is 16.7. The lowest BCUT2D eigenvalue weighted by molar-refractivity contribution is -0.121. The van der Waals surface area contributed by atoms with Crippen LogP contribution in [0.1, 0.15) is 41.7 Å². The van der Waals surface area contributed by atoms with Gasteiger partial charge in [0, 0.05) is 17.3 Å². The van der Waals surface area contributed by atoms with Crippen LogP contribution in [0.15, 0.2) is 29.6 Å². The Labute approximate surface area is 164 Å². The molecule has 4 rings (SSSR count). The molecule has 0 saturated carbocycles. The number of amides is 1. The summed E-state index contributed by atoms with van der Waals surface area (Å²) in [6, 6.07) is 7.43. The number of rotatable bonds is 4. The number of anilines is 1. The predicted molar refractivity (Wildman–Crippen MR) is 109 cm³/mol. The molecule has 0 atom stereocenters. The average molecular weight is 389 g/mol. The fourth-order valence-corrected chi connectivity index (χ4v) is 5.41. The Morgan fingerprint density at radius 1 is 1.19 bits per heavy atom. The van der Waals surface area contributed by atoms with E-state index in [0.29, 0.717) is 10.7 Å². The van der Waals surface area contributed by atoms with E-state index in [4.69, 9.17) is 11.6 Å². The largest absolute Gasteiger partial charge is 0.325 e. The minimum Gasteiger partial charge on any atom is -0.325 e. The number of carbonyl (C=O) groups is 1. The first-order valence-corrected chi connectivity index (χ1v) is 10.8. The van der Waals surface area contributed by atoms with Crippen molar-refractivity contribution in [2.45, 2.75) is 45.1 Å². The summed E-state index contributed by atoms with van der Waals surface area (Å²) in [5.41, 5.74) is 3.87. The van der Waals surface area contributed by atoms with E-state index in [1.165, 1.54) is 31.2 Å². The number of likely N-dealkylation sites (tertiary alicyclic amines) is 1. The summed E-state index contributed by atoms with van der Waals surface area (Å²) in [5, 5.41) is 5.96. The van der Waals surface area contributed by atoms with Gasteiger partial charge in [-0.05, 0) is 80.3 Å². The smallest absolute Gasteiger partial charge is 0.227 e. The monoisotopic (exact) mass is 388 g/mol. The maximum absolute atomic E-state index is 12.5. The zero-order chi connectivity index (χ0) is 17.9. The van der Waals surface area contributed by atoms with E-state index < -0.39 is 0 Å². The molecule has 1 fully saturated rings. The van der Waals surface area contributed by atoms with Gasteiger partial charge in [-0.3, -0.25) is 9.69 Å². The van der Waals surface area contributed by atoms with E-state index in [1.807, 2.05) is 29.5 Å². The van der Waals surface area contributed by atoms with Crippen LogP contribution in [0.25, 0.3) is 0 Å². The number of nitrogens with zero attached hydrogens (tertiary/aromatic N) is 1. The van der Waals surface area contributed by atoms with Gasteiger partial charge in [-0.15, -0.1) is 11.3 Å². The summed E-state index contributed by atoms with van der Waals surface area (Å²) >= 11 is 8.09. The van der Waals surface area contributed by atoms with E-state index in [-0.39, 0.29) is 11.8 Å². The van der Waals surface area contributed by atoms with Crippen LogP contribution < -0.4 is 5.32 Å². The fourth-order valence-electron chi connectivity index (χ4n) is 4.08. The van der Waals surface area contributed by atoms with Crippen LogP contribution in [0, 0.1) is 5.92 Å². The van der Waals surface area contributed by atoms with Crippen LogP contribution in [0.2, 0.25) is 5.02 Å². The molecular formula is C21H25ClN2OS. The Balaban J connectivity index is 1.31. The molecule has 5 heteroatoms. The van der Waals surface area contributed by atoms with Crippen LogP contribution in [0.4, 0.5) is 5.69 Å². The second-order valence-electron chi connectivity index (χ2n) is 7.39. The number of benzene rings is 1. The van der Waals surface area contributed by atoms with Gasteiger partial charge in [0.15, 0.2) is 0 Å². The van der Waals surface area contributed by atoms with Crippen molar-refractivity contribution in [3.05, 3.63) is 50.7 Å². The molecule has 2 aromatic rings. The van der Waals surface area contributed by atoms with Crippen molar-refractivity contribution < 1.29 is 4.79 Å². The Morgan fingerprint density at radius 2 is 1.96 bits per heavy atom. The molecule has 1 aliphatic heterocycles.